The van der Waals surface area contributed by atoms with E-state index in [9.17, 15) is 26.4 Å². The first-order chi connectivity index (χ1) is 13.9. The molecule has 3 rings (SSSR count). The van der Waals surface area contributed by atoms with Gasteiger partial charge in [-0.2, -0.15) is 18.3 Å². The van der Waals surface area contributed by atoms with Gasteiger partial charge >= 0.3 is 6.18 Å². The number of carbonyl (C=O) groups excluding carboxylic acids is 1. The van der Waals surface area contributed by atoms with Crippen LogP contribution < -0.4 is 10.5 Å². The lowest BCUT2D eigenvalue weighted by Crippen LogP contribution is -2.47. The van der Waals surface area contributed by atoms with Gasteiger partial charge in [0.25, 0.3) is 0 Å². The number of fused-ring (bicyclic) bond motifs is 1. The molecular weight excluding hydrogens is 421 g/mol. The van der Waals surface area contributed by atoms with Crippen molar-refractivity contribution in [3.63, 3.8) is 0 Å². The van der Waals surface area contributed by atoms with Gasteiger partial charge in [0.05, 0.1) is 29.2 Å². The van der Waals surface area contributed by atoms with E-state index in [1.165, 1.54) is 29.1 Å². The lowest BCUT2D eigenvalue weighted by atomic mass is 9.85. The second-order valence-electron chi connectivity index (χ2n) is 6.82. The number of sulfonamides is 1. The van der Waals surface area contributed by atoms with Crippen molar-refractivity contribution in [2.75, 3.05) is 11.0 Å². The second-order valence-corrected chi connectivity index (χ2v) is 8.57. The molecular formula is C19H19F3N4O3S. The highest BCUT2D eigenvalue weighted by Crippen LogP contribution is 2.36. The molecule has 0 saturated carbocycles. The molecule has 0 radical (unpaired) electrons. The number of nitrogens with two attached hydrogens (primary N) is 1. The first kappa shape index (κ1) is 21.6. The third kappa shape index (κ3) is 3.72. The number of carbonyl (C=O) groups is 1. The van der Waals surface area contributed by atoms with E-state index in [0.717, 1.165) is 18.4 Å². The van der Waals surface area contributed by atoms with Crippen LogP contribution in [0.4, 0.5) is 18.9 Å². The highest BCUT2D eigenvalue weighted by atomic mass is 32.2. The second kappa shape index (κ2) is 7.31. The number of anilines is 1. The Morgan fingerprint density at radius 1 is 1.13 bits per heavy atom. The minimum atomic E-state index is -4.52. The van der Waals surface area contributed by atoms with Crippen molar-refractivity contribution in [1.82, 2.24) is 9.78 Å². The van der Waals surface area contributed by atoms with Crippen molar-refractivity contribution >= 4 is 32.5 Å². The van der Waals surface area contributed by atoms with Gasteiger partial charge in [-0.25, -0.2) is 13.1 Å². The van der Waals surface area contributed by atoms with Crippen LogP contribution in [0.25, 0.3) is 10.9 Å². The van der Waals surface area contributed by atoms with E-state index in [1.54, 1.807) is 19.1 Å². The van der Waals surface area contributed by atoms with Crippen LogP contribution in [0.3, 0.4) is 0 Å². The highest BCUT2D eigenvalue weighted by Gasteiger charge is 2.41. The summed E-state index contributed by atoms with van der Waals surface area (Å²) in [5.74, 6) is -0.809. The molecule has 11 heteroatoms. The Morgan fingerprint density at radius 2 is 1.73 bits per heavy atom. The zero-order valence-corrected chi connectivity index (χ0v) is 16.9. The van der Waals surface area contributed by atoms with Gasteiger partial charge in [-0.3, -0.25) is 9.52 Å². The van der Waals surface area contributed by atoms with Crippen LogP contribution in [-0.2, 0) is 26.5 Å². The van der Waals surface area contributed by atoms with E-state index in [0.29, 0.717) is 10.9 Å². The molecule has 0 bridgehead atoms. The van der Waals surface area contributed by atoms with Gasteiger partial charge in [-0.15, -0.1) is 0 Å². The number of alkyl halides is 3. The number of halogens is 3. The lowest BCUT2D eigenvalue weighted by Gasteiger charge is -2.31. The number of benzene rings is 2. The summed E-state index contributed by atoms with van der Waals surface area (Å²) in [7, 11) is -3.57. The first-order valence-corrected chi connectivity index (χ1v) is 10.7. The van der Waals surface area contributed by atoms with Gasteiger partial charge in [0, 0.05) is 5.39 Å². The summed E-state index contributed by atoms with van der Waals surface area (Å²) in [6, 6.07) is 8.88. The summed E-state index contributed by atoms with van der Waals surface area (Å²) >= 11 is 0. The molecule has 160 valence electrons. The highest BCUT2D eigenvalue weighted by molar-refractivity contribution is 7.92. The summed E-state index contributed by atoms with van der Waals surface area (Å²) in [5.41, 5.74) is 4.18. The summed E-state index contributed by atoms with van der Waals surface area (Å²) in [6.07, 6.45) is -2.04. The van der Waals surface area contributed by atoms with E-state index < -0.39 is 33.2 Å². The maximum Gasteiger partial charge on any atom is 0.416 e. The number of nitrogens with zero attached hydrogens (tertiary/aromatic N) is 2. The fourth-order valence-corrected chi connectivity index (χ4v) is 4.05. The Kier molecular flexibility index (Phi) is 5.27. The number of aromatic nitrogens is 2. The molecule has 0 aliphatic heterocycles. The Hall–Kier alpha value is -3.08. The van der Waals surface area contributed by atoms with Crippen LogP contribution in [0, 0.1) is 0 Å². The van der Waals surface area contributed by atoms with Crippen molar-refractivity contribution in [3.05, 3.63) is 59.8 Å². The zero-order valence-electron chi connectivity index (χ0n) is 16.1. The summed E-state index contributed by atoms with van der Waals surface area (Å²) < 4.78 is 65.8. The minimum absolute atomic E-state index is 0.105. The summed E-state index contributed by atoms with van der Waals surface area (Å²) in [5, 5.41) is 4.67. The standard InChI is InChI=1S/C19H19F3N4O3S/c1-3-18(17(23)27,12-7-9-13(10-8-12)19(20,21)22)26-16-6-4-5-15(14(16)11-24-26)25-30(2,28)29/h4-11,25H,3H2,1-2H3,(H2,23,27). The van der Waals surface area contributed by atoms with Crippen molar-refractivity contribution < 1.29 is 26.4 Å². The number of nitrogens with one attached hydrogen (secondary N) is 1. The fraction of sp³-hybridized carbons (Fsp3) is 0.263. The molecule has 0 saturated heterocycles. The average Bonchev–Trinajstić information content (AvgIpc) is 3.07. The number of hydrogen-bond acceptors (Lipinski definition) is 4. The Labute approximate surface area is 170 Å². The lowest BCUT2D eigenvalue weighted by molar-refractivity contribution is -0.137. The van der Waals surface area contributed by atoms with Gasteiger partial charge in [0.2, 0.25) is 15.9 Å². The molecule has 1 heterocycles. The molecule has 30 heavy (non-hydrogen) atoms. The van der Waals surface area contributed by atoms with Crippen LogP contribution in [-0.4, -0.2) is 30.4 Å². The van der Waals surface area contributed by atoms with Crippen LogP contribution in [0.2, 0.25) is 0 Å². The van der Waals surface area contributed by atoms with Gasteiger partial charge < -0.3 is 5.73 Å². The van der Waals surface area contributed by atoms with Crippen LogP contribution in [0.15, 0.2) is 48.7 Å². The first-order valence-electron chi connectivity index (χ1n) is 8.83. The molecule has 7 nitrogen and oxygen atoms in total. The quantitative estimate of drug-likeness (QED) is 0.614. The van der Waals surface area contributed by atoms with Crippen molar-refractivity contribution in [2.24, 2.45) is 5.73 Å². The monoisotopic (exact) mass is 440 g/mol. The van der Waals surface area contributed by atoms with Crippen molar-refractivity contribution in [2.45, 2.75) is 25.1 Å². The number of amides is 1. The molecule has 1 unspecified atom stereocenters. The van der Waals surface area contributed by atoms with Gasteiger partial charge in [0.15, 0.2) is 5.54 Å². The smallest absolute Gasteiger partial charge is 0.367 e. The minimum Gasteiger partial charge on any atom is -0.367 e. The fourth-order valence-electron chi connectivity index (χ4n) is 3.48. The number of hydrogen-bond donors (Lipinski definition) is 2. The molecule has 0 spiro atoms. The topological polar surface area (TPSA) is 107 Å². The van der Waals surface area contributed by atoms with E-state index in [4.69, 9.17) is 5.73 Å². The van der Waals surface area contributed by atoms with Gasteiger partial charge in [0.1, 0.15) is 0 Å². The largest absolute Gasteiger partial charge is 0.416 e. The Balaban J connectivity index is 2.24. The van der Waals surface area contributed by atoms with Crippen LogP contribution >= 0.6 is 0 Å². The molecule has 1 amide bonds. The van der Waals surface area contributed by atoms with Gasteiger partial charge in [-0.05, 0) is 36.2 Å². The molecule has 3 aromatic rings. The van der Waals surface area contributed by atoms with Crippen LogP contribution in [0.5, 0.6) is 0 Å². The molecule has 1 atom stereocenters. The van der Waals surface area contributed by atoms with E-state index in [-0.39, 0.29) is 17.7 Å². The maximum absolute atomic E-state index is 13.0. The normalized spacial score (nSPS) is 14.4. The Bertz CT molecular complexity index is 1200. The van der Waals surface area contributed by atoms with Crippen LogP contribution in [0.1, 0.15) is 24.5 Å². The molecule has 0 aliphatic rings. The van der Waals surface area contributed by atoms with Gasteiger partial charge in [-0.1, -0.05) is 25.1 Å². The van der Waals surface area contributed by atoms with E-state index in [1.807, 2.05) is 0 Å². The molecule has 3 N–H and O–H groups in total. The maximum atomic E-state index is 13.0. The average molecular weight is 440 g/mol. The zero-order chi connectivity index (χ0) is 22.3. The SMILES string of the molecule is CCC(C(N)=O)(c1ccc(C(F)(F)F)cc1)n1ncc2c(NS(C)(=O)=O)cccc21. The molecule has 0 fully saturated rings. The Morgan fingerprint density at radius 3 is 2.23 bits per heavy atom. The number of primary amides is 1. The summed E-state index contributed by atoms with van der Waals surface area (Å²) in [6.45, 7) is 1.66. The van der Waals surface area contributed by atoms with Crippen molar-refractivity contribution in [3.8, 4) is 0 Å². The predicted molar refractivity (Wildman–Crippen MR) is 106 cm³/mol. The van der Waals surface area contributed by atoms with E-state index >= 15 is 0 Å². The molecule has 2 aromatic carbocycles. The van der Waals surface area contributed by atoms with Crippen molar-refractivity contribution in [1.29, 1.82) is 0 Å². The number of rotatable bonds is 6. The molecule has 0 aliphatic carbocycles. The third-order valence-corrected chi connectivity index (χ3v) is 5.47. The summed E-state index contributed by atoms with van der Waals surface area (Å²) in [4.78, 5) is 12.6. The van der Waals surface area contributed by atoms with E-state index in [2.05, 4.69) is 9.82 Å². The molecule has 1 aromatic heterocycles. The predicted octanol–water partition coefficient (Wildman–Crippen LogP) is 3.07. The third-order valence-electron chi connectivity index (χ3n) is 4.88.